The average molecular weight is 315 g/mol. The quantitative estimate of drug-likeness (QED) is 0.724. The van der Waals surface area contributed by atoms with Crippen LogP contribution in [0.4, 0.5) is 9.93 Å². The second kappa shape index (κ2) is 5.46. The van der Waals surface area contributed by atoms with Gasteiger partial charge in [0.15, 0.2) is 5.13 Å². The summed E-state index contributed by atoms with van der Waals surface area (Å²) >= 11 is 1.41. The van der Waals surface area contributed by atoms with Crippen LogP contribution in [0.25, 0.3) is 21.3 Å². The zero-order chi connectivity index (χ0) is 15.7. The molecule has 3 aromatic rings. The summed E-state index contributed by atoms with van der Waals surface area (Å²) in [5.74, 6) is 0. The maximum atomic E-state index is 11.7. The molecule has 0 saturated carbocycles. The molecule has 3 rings (SSSR count). The van der Waals surface area contributed by atoms with Crippen LogP contribution >= 0.6 is 11.3 Å². The van der Waals surface area contributed by atoms with Crippen molar-refractivity contribution in [3.8, 4) is 10.4 Å². The van der Waals surface area contributed by atoms with Crippen LogP contribution in [0, 0.1) is 0 Å². The topological polar surface area (TPSA) is 67.0 Å². The van der Waals surface area contributed by atoms with Gasteiger partial charge in [0.05, 0.1) is 4.88 Å². The molecule has 0 spiro atoms. The minimum Gasteiger partial charge on any atom is -0.444 e. The third-order valence-electron chi connectivity index (χ3n) is 2.95. The number of aromatic amines is 1. The Kier molecular flexibility index (Phi) is 3.62. The first kappa shape index (κ1) is 14.6. The molecule has 0 aliphatic carbocycles. The summed E-state index contributed by atoms with van der Waals surface area (Å²) in [4.78, 5) is 20.1. The minimum atomic E-state index is -0.525. The van der Waals surface area contributed by atoms with Gasteiger partial charge in [0, 0.05) is 17.9 Å². The van der Waals surface area contributed by atoms with E-state index in [-0.39, 0.29) is 0 Å². The van der Waals surface area contributed by atoms with Crippen molar-refractivity contribution in [1.29, 1.82) is 0 Å². The highest BCUT2D eigenvalue weighted by molar-refractivity contribution is 7.19. The Morgan fingerprint density at radius 3 is 2.91 bits per heavy atom. The third-order valence-corrected chi connectivity index (χ3v) is 3.91. The number of aromatic nitrogens is 2. The maximum absolute atomic E-state index is 11.7. The van der Waals surface area contributed by atoms with Crippen LogP contribution in [0.2, 0.25) is 0 Å². The molecule has 0 aliphatic heterocycles. The molecule has 0 atom stereocenters. The molecule has 2 aromatic heterocycles. The fraction of sp³-hybridized carbons (Fsp3) is 0.250. The van der Waals surface area contributed by atoms with Crippen molar-refractivity contribution < 1.29 is 9.53 Å². The molecule has 2 N–H and O–H groups in total. The first-order chi connectivity index (χ1) is 10.4. The van der Waals surface area contributed by atoms with Crippen molar-refractivity contribution in [2.24, 2.45) is 0 Å². The number of thiazole rings is 1. The Hall–Kier alpha value is -2.34. The first-order valence-corrected chi connectivity index (χ1v) is 7.76. The van der Waals surface area contributed by atoms with Gasteiger partial charge in [-0.05, 0) is 43.9 Å². The fourth-order valence-corrected chi connectivity index (χ4v) is 2.86. The second-order valence-corrected chi connectivity index (χ2v) is 6.97. The Bertz CT molecular complexity index is 814. The van der Waals surface area contributed by atoms with E-state index >= 15 is 0 Å². The zero-order valence-corrected chi connectivity index (χ0v) is 13.5. The van der Waals surface area contributed by atoms with Gasteiger partial charge in [-0.2, -0.15) is 0 Å². The second-order valence-electron chi connectivity index (χ2n) is 5.94. The molecule has 1 aromatic carbocycles. The van der Waals surface area contributed by atoms with Crippen LogP contribution < -0.4 is 5.32 Å². The largest absolute Gasteiger partial charge is 0.444 e. The minimum absolute atomic E-state index is 0.492. The highest BCUT2D eigenvalue weighted by Gasteiger charge is 2.17. The number of H-pyrrole nitrogens is 1. The summed E-state index contributed by atoms with van der Waals surface area (Å²) in [5.41, 5.74) is 1.61. The highest BCUT2D eigenvalue weighted by atomic mass is 32.1. The lowest BCUT2D eigenvalue weighted by atomic mass is 10.1. The molecular weight excluding hydrogens is 298 g/mol. The van der Waals surface area contributed by atoms with E-state index in [0.29, 0.717) is 5.13 Å². The molecule has 1 amide bonds. The van der Waals surface area contributed by atoms with E-state index in [4.69, 9.17) is 4.74 Å². The SMILES string of the molecule is CC(C)(C)OC(=O)Nc1ncc(-c2ccc3cc[nH]c3c2)s1. The monoisotopic (exact) mass is 315 g/mol. The van der Waals surface area contributed by atoms with Gasteiger partial charge in [0.25, 0.3) is 0 Å². The Balaban J connectivity index is 1.77. The number of hydrogen-bond donors (Lipinski definition) is 2. The summed E-state index contributed by atoms with van der Waals surface area (Å²) in [6.07, 6.45) is 3.17. The zero-order valence-electron chi connectivity index (χ0n) is 12.6. The van der Waals surface area contributed by atoms with Crippen molar-refractivity contribution >= 4 is 33.5 Å². The number of benzene rings is 1. The predicted octanol–water partition coefficient (Wildman–Crippen LogP) is 4.64. The number of nitrogens with one attached hydrogen (secondary N) is 2. The van der Waals surface area contributed by atoms with E-state index < -0.39 is 11.7 Å². The number of rotatable bonds is 2. The van der Waals surface area contributed by atoms with Crippen LogP contribution in [0.1, 0.15) is 20.8 Å². The molecule has 6 heteroatoms. The lowest BCUT2D eigenvalue weighted by Crippen LogP contribution is -2.27. The van der Waals surface area contributed by atoms with Crippen molar-refractivity contribution in [1.82, 2.24) is 9.97 Å². The van der Waals surface area contributed by atoms with E-state index in [1.807, 2.05) is 39.1 Å². The van der Waals surface area contributed by atoms with Crippen LogP contribution in [-0.2, 0) is 4.74 Å². The molecule has 5 nitrogen and oxygen atoms in total. The smallest absolute Gasteiger partial charge is 0.413 e. The van der Waals surface area contributed by atoms with Gasteiger partial charge in [-0.25, -0.2) is 9.78 Å². The van der Waals surface area contributed by atoms with Crippen molar-refractivity contribution in [2.45, 2.75) is 26.4 Å². The summed E-state index contributed by atoms with van der Waals surface area (Å²) in [6.45, 7) is 5.47. The highest BCUT2D eigenvalue weighted by Crippen LogP contribution is 2.31. The number of amides is 1. The van der Waals surface area contributed by atoms with Gasteiger partial charge in [0.1, 0.15) is 5.60 Å². The maximum Gasteiger partial charge on any atom is 0.413 e. The number of hydrogen-bond acceptors (Lipinski definition) is 4. The Morgan fingerprint density at radius 2 is 2.14 bits per heavy atom. The van der Waals surface area contributed by atoms with E-state index in [1.165, 1.54) is 16.7 Å². The molecular formula is C16H17N3O2S. The standard InChI is InChI=1S/C16H17N3O2S/c1-16(2,3)21-15(20)19-14-18-9-13(22-14)11-5-4-10-6-7-17-12(10)8-11/h4-9,17H,1-3H3,(H,18,19,20). The van der Waals surface area contributed by atoms with Crippen molar-refractivity contribution in [3.63, 3.8) is 0 Å². The van der Waals surface area contributed by atoms with E-state index in [9.17, 15) is 4.79 Å². The summed E-state index contributed by atoms with van der Waals surface area (Å²) in [5, 5.41) is 4.35. The normalized spacial score (nSPS) is 11.6. The van der Waals surface area contributed by atoms with Crippen LogP contribution in [-0.4, -0.2) is 21.7 Å². The Labute approximate surface area is 132 Å². The molecule has 0 saturated heterocycles. The first-order valence-electron chi connectivity index (χ1n) is 6.94. The molecule has 0 radical (unpaired) electrons. The predicted molar refractivity (Wildman–Crippen MR) is 89.3 cm³/mol. The number of fused-ring (bicyclic) bond motifs is 1. The number of ether oxygens (including phenoxy) is 1. The molecule has 22 heavy (non-hydrogen) atoms. The van der Waals surface area contributed by atoms with E-state index in [2.05, 4.69) is 27.4 Å². The van der Waals surface area contributed by atoms with Gasteiger partial charge in [-0.15, -0.1) is 0 Å². The van der Waals surface area contributed by atoms with Gasteiger partial charge < -0.3 is 9.72 Å². The van der Waals surface area contributed by atoms with Crippen molar-refractivity contribution in [2.75, 3.05) is 5.32 Å². The molecule has 0 unspecified atom stereocenters. The number of carbonyl (C=O) groups excluding carboxylic acids is 1. The lowest BCUT2D eigenvalue weighted by molar-refractivity contribution is 0.0636. The number of carbonyl (C=O) groups is 1. The van der Waals surface area contributed by atoms with E-state index in [0.717, 1.165) is 16.0 Å². The van der Waals surface area contributed by atoms with Crippen LogP contribution in [0.5, 0.6) is 0 Å². The van der Waals surface area contributed by atoms with Crippen molar-refractivity contribution in [3.05, 3.63) is 36.7 Å². The third kappa shape index (κ3) is 3.28. The molecule has 114 valence electrons. The molecule has 2 heterocycles. The molecule has 0 fully saturated rings. The summed E-state index contributed by atoms with van der Waals surface area (Å²) in [6, 6.07) is 8.20. The average Bonchev–Trinajstić information content (AvgIpc) is 3.03. The van der Waals surface area contributed by atoms with Gasteiger partial charge in [0.2, 0.25) is 0 Å². The Morgan fingerprint density at radius 1 is 1.32 bits per heavy atom. The summed E-state index contributed by atoms with van der Waals surface area (Å²) in [7, 11) is 0. The summed E-state index contributed by atoms with van der Waals surface area (Å²) < 4.78 is 5.22. The van der Waals surface area contributed by atoms with Gasteiger partial charge in [-0.3, -0.25) is 5.32 Å². The van der Waals surface area contributed by atoms with E-state index in [1.54, 1.807) is 6.20 Å². The lowest BCUT2D eigenvalue weighted by Gasteiger charge is -2.18. The molecule has 0 bridgehead atoms. The molecule has 0 aliphatic rings. The van der Waals surface area contributed by atoms with Gasteiger partial charge >= 0.3 is 6.09 Å². The number of nitrogens with zero attached hydrogens (tertiary/aromatic N) is 1. The van der Waals surface area contributed by atoms with Crippen LogP contribution in [0.3, 0.4) is 0 Å². The van der Waals surface area contributed by atoms with Crippen LogP contribution in [0.15, 0.2) is 36.7 Å². The fourth-order valence-electron chi connectivity index (χ4n) is 2.06. The van der Waals surface area contributed by atoms with Gasteiger partial charge in [-0.1, -0.05) is 23.5 Å². The number of anilines is 1.